The van der Waals surface area contributed by atoms with E-state index in [1.807, 2.05) is 12.1 Å². The van der Waals surface area contributed by atoms with E-state index < -0.39 is 0 Å². The Morgan fingerprint density at radius 2 is 1.69 bits per heavy atom. The molecule has 0 spiro atoms. The Labute approximate surface area is 182 Å². The number of aromatic nitrogens is 1. The smallest absolute Gasteiger partial charge is 0.165 e. The van der Waals surface area contributed by atoms with Crippen LogP contribution in [0.15, 0.2) is 12.1 Å². The second-order valence-electron chi connectivity index (χ2n) is 8.09. The molecule has 0 aliphatic rings. The van der Waals surface area contributed by atoms with Gasteiger partial charge >= 0.3 is 0 Å². The molecule has 0 bridgehead atoms. The summed E-state index contributed by atoms with van der Waals surface area (Å²) < 4.78 is 1.54. The highest BCUT2D eigenvalue weighted by Gasteiger charge is 2.20. The maximum atomic E-state index is 9.22. The van der Waals surface area contributed by atoms with Crippen LogP contribution in [0.25, 0.3) is 11.6 Å². The normalized spacial score (nSPS) is 11.9. The molecular formula is C23H30N4S2. The van der Waals surface area contributed by atoms with E-state index in [1.54, 1.807) is 11.3 Å². The van der Waals surface area contributed by atoms with Gasteiger partial charge in [-0.25, -0.2) is 4.98 Å². The van der Waals surface area contributed by atoms with Gasteiger partial charge in [0.25, 0.3) is 0 Å². The van der Waals surface area contributed by atoms with E-state index in [2.05, 4.69) is 62.7 Å². The quantitative estimate of drug-likeness (QED) is 0.600. The van der Waals surface area contributed by atoms with Crippen molar-refractivity contribution in [2.75, 3.05) is 18.0 Å². The van der Waals surface area contributed by atoms with Crippen LogP contribution in [0.4, 0.5) is 5.00 Å². The van der Waals surface area contributed by atoms with Crippen LogP contribution in [-0.4, -0.2) is 18.1 Å². The summed E-state index contributed by atoms with van der Waals surface area (Å²) in [5, 5.41) is 19.8. The first-order valence-electron chi connectivity index (χ1n) is 10.2. The molecule has 0 unspecified atom stereocenters. The molecule has 0 amide bonds. The molecule has 0 fully saturated rings. The minimum Gasteiger partial charge on any atom is -0.363 e. The lowest BCUT2D eigenvalue weighted by Gasteiger charge is -2.22. The summed E-state index contributed by atoms with van der Waals surface area (Å²) in [6.45, 7) is 13.0. The van der Waals surface area contributed by atoms with Crippen molar-refractivity contribution in [2.24, 2.45) is 0 Å². The van der Waals surface area contributed by atoms with Gasteiger partial charge in [0.1, 0.15) is 16.8 Å². The zero-order valence-corrected chi connectivity index (χ0v) is 19.7. The third-order valence-corrected chi connectivity index (χ3v) is 6.67. The van der Waals surface area contributed by atoms with E-state index in [0.29, 0.717) is 4.66 Å². The molecule has 2 aromatic heterocycles. The molecule has 0 saturated heterocycles. The van der Waals surface area contributed by atoms with Crippen molar-refractivity contribution in [1.82, 2.24) is 4.98 Å². The van der Waals surface area contributed by atoms with Crippen LogP contribution in [0.1, 0.15) is 70.9 Å². The molecule has 0 aliphatic carbocycles. The zero-order chi connectivity index (χ0) is 21.4. The maximum Gasteiger partial charge on any atom is 0.165 e. The molecule has 0 aromatic carbocycles. The molecular weight excluding hydrogens is 396 g/mol. The van der Waals surface area contributed by atoms with Gasteiger partial charge in [0.2, 0.25) is 0 Å². The second kappa shape index (κ2) is 10.6. The van der Waals surface area contributed by atoms with Crippen LogP contribution in [0, 0.1) is 22.7 Å². The van der Waals surface area contributed by atoms with Gasteiger partial charge in [-0.1, -0.05) is 47.5 Å². The average Bonchev–Trinajstić information content (AvgIpc) is 3.31. The number of thiophene rings is 1. The van der Waals surface area contributed by atoms with Crippen molar-refractivity contribution in [3.8, 4) is 12.1 Å². The highest BCUT2D eigenvalue weighted by Crippen LogP contribution is 2.28. The minimum absolute atomic E-state index is 0.0809. The summed E-state index contributed by atoms with van der Waals surface area (Å²) >= 11 is 3.23. The van der Waals surface area contributed by atoms with Gasteiger partial charge in [0.05, 0.1) is 15.2 Å². The van der Waals surface area contributed by atoms with Gasteiger partial charge in [0, 0.05) is 23.4 Å². The molecule has 2 aromatic rings. The molecule has 154 valence electrons. The van der Waals surface area contributed by atoms with E-state index in [9.17, 15) is 10.5 Å². The van der Waals surface area contributed by atoms with Gasteiger partial charge in [0.15, 0.2) is 5.57 Å². The van der Waals surface area contributed by atoms with E-state index in [-0.39, 0.29) is 11.0 Å². The van der Waals surface area contributed by atoms with Gasteiger partial charge in [-0.15, -0.1) is 22.7 Å². The van der Waals surface area contributed by atoms with Crippen molar-refractivity contribution in [2.45, 2.75) is 65.7 Å². The maximum absolute atomic E-state index is 9.22. The van der Waals surface area contributed by atoms with Crippen LogP contribution in [0.5, 0.6) is 0 Å². The van der Waals surface area contributed by atoms with Crippen LogP contribution < -0.4 is 14.1 Å². The number of thiazole rings is 1. The lowest BCUT2D eigenvalue weighted by molar-refractivity contribution is 0.568. The lowest BCUT2D eigenvalue weighted by atomic mass is 9.92. The van der Waals surface area contributed by atoms with E-state index in [0.717, 1.165) is 23.3 Å². The number of unbranched alkanes of at least 4 members (excludes halogenated alkanes) is 2. The number of hydrogen-bond donors (Lipinski definition) is 0. The Balaban J connectivity index is 2.49. The largest absolute Gasteiger partial charge is 0.363 e. The van der Waals surface area contributed by atoms with Crippen molar-refractivity contribution in [1.29, 1.82) is 10.5 Å². The Bertz CT molecular complexity index is 985. The molecule has 0 N–H and O–H groups in total. The number of rotatable bonds is 8. The monoisotopic (exact) mass is 426 g/mol. The van der Waals surface area contributed by atoms with E-state index >= 15 is 0 Å². The van der Waals surface area contributed by atoms with Gasteiger partial charge in [-0.3, -0.25) is 0 Å². The first-order chi connectivity index (χ1) is 13.8. The highest BCUT2D eigenvalue weighted by atomic mass is 32.1. The van der Waals surface area contributed by atoms with E-state index in [1.165, 1.54) is 46.9 Å². The first kappa shape index (κ1) is 23.1. The van der Waals surface area contributed by atoms with Crippen LogP contribution in [0.3, 0.4) is 0 Å². The topological polar surface area (TPSA) is 63.7 Å². The number of nitriles is 2. The Kier molecular flexibility index (Phi) is 8.44. The Morgan fingerprint density at radius 1 is 1.07 bits per heavy atom. The predicted octanol–water partition coefficient (Wildman–Crippen LogP) is 4.94. The first-order valence-corrected chi connectivity index (χ1v) is 11.9. The SMILES string of the molecule is CCCCN(CCCC)c1ccc(/C=c2\sc(=C(C#N)C#N)nc2C(C)(C)C)s1. The number of nitrogens with zero attached hydrogens (tertiary/aromatic N) is 4. The van der Waals surface area contributed by atoms with Gasteiger partial charge in [-0.05, 0) is 31.1 Å². The molecule has 0 atom stereocenters. The standard InChI is InChI=1S/C23H30N4S2/c1-6-8-12-27(13-9-7-2)20-11-10-18(28-20)14-19-21(23(3,4)5)26-22(29-19)17(15-24)16-25/h10-11,14H,6-9,12-13H2,1-5H3/b19-14-. The molecule has 2 heterocycles. The van der Waals surface area contributed by atoms with Crippen LogP contribution >= 0.6 is 22.7 Å². The Morgan fingerprint density at radius 3 is 2.21 bits per heavy atom. The second-order valence-corrected chi connectivity index (χ2v) is 10.2. The summed E-state index contributed by atoms with van der Waals surface area (Å²) in [6.07, 6.45) is 6.95. The number of anilines is 1. The van der Waals surface area contributed by atoms with E-state index in [4.69, 9.17) is 0 Å². The fourth-order valence-corrected chi connectivity index (χ4v) is 5.19. The van der Waals surface area contributed by atoms with Crippen molar-refractivity contribution in [3.63, 3.8) is 0 Å². The molecule has 0 saturated carbocycles. The van der Waals surface area contributed by atoms with Gasteiger partial charge < -0.3 is 4.90 Å². The van der Waals surface area contributed by atoms with Crippen LogP contribution in [0.2, 0.25) is 0 Å². The third kappa shape index (κ3) is 6.16. The molecule has 4 nitrogen and oxygen atoms in total. The Hall–Kier alpha value is -2.15. The fourth-order valence-electron chi connectivity index (χ4n) is 2.94. The lowest BCUT2D eigenvalue weighted by Crippen LogP contribution is -2.24. The zero-order valence-electron chi connectivity index (χ0n) is 18.1. The third-order valence-electron chi connectivity index (χ3n) is 4.56. The minimum atomic E-state index is -0.162. The summed E-state index contributed by atoms with van der Waals surface area (Å²) in [5.41, 5.74) is 0.854. The van der Waals surface area contributed by atoms with Crippen molar-refractivity contribution >= 4 is 39.3 Å². The van der Waals surface area contributed by atoms with Crippen LogP contribution in [-0.2, 0) is 5.41 Å². The number of hydrogen-bond acceptors (Lipinski definition) is 6. The summed E-state index contributed by atoms with van der Waals surface area (Å²) in [5.74, 6) is 0. The molecule has 29 heavy (non-hydrogen) atoms. The summed E-state index contributed by atoms with van der Waals surface area (Å²) in [4.78, 5) is 8.31. The van der Waals surface area contributed by atoms with Gasteiger partial charge in [-0.2, -0.15) is 10.5 Å². The van der Waals surface area contributed by atoms with Crippen molar-refractivity contribution in [3.05, 3.63) is 31.9 Å². The van der Waals surface area contributed by atoms with Crippen molar-refractivity contribution < 1.29 is 0 Å². The molecule has 0 aliphatic heterocycles. The fraction of sp³-hybridized carbons (Fsp3) is 0.522. The predicted molar refractivity (Wildman–Crippen MR) is 125 cm³/mol. The summed E-state index contributed by atoms with van der Waals surface area (Å²) in [7, 11) is 0. The molecule has 6 heteroatoms. The highest BCUT2D eigenvalue weighted by molar-refractivity contribution is 7.17. The average molecular weight is 427 g/mol. The molecule has 2 rings (SSSR count). The summed E-state index contributed by atoms with van der Waals surface area (Å²) in [6, 6.07) is 8.31. The molecule has 0 radical (unpaired) electrons.